The average molecular weight is 276 g/mol. The van der Waals surface area contributed by atoms with Crippen molar-refractivity contribution < 1.29 is 4.79 Å². The molecule has 0 radical (unpaired) electrons. The highest BCUT2D eigenvalue weighted by Gasteiger charge is 2.23. The SMILES string of the molecule is O=C(c1cc(Cl)ncc1Br)N1CCC1. The minimum Gasteiger partial charge on any atom is -0.338 e. The van der Waals surface area contributed by atoms with Gasteiger partial charge in [0.05, 0.1) is 5.56 Å². The van der Waals surface area contributed by atoms with Crippen LogP contribution in [0.3, 0.4) is 0 Å². The Morgan fingerprint density at radius 2 is 2.29 bits per heavy atom. The van der Waals surface area contributed by atoms with Crippen LogP contribution in [0.1, 0.15) is 16.8 Å². The number of rotatable bonds is 1. The number of amides is 1. The molecule has 1 saturated heterocycles. The summed E-state index contributed by atoms with van der Waals surface area (Å²) in [5.41, 5.74) is 0.588. The molecule has 0 aliphatic carbocycles. The summed E-state index contributed by atoms with van der Waals surface area (Å²) < 4.78 is 0.693. The normalized spacial score (nSPS) is 15.1. The van der Waals surface area contributed by atoms with Crippen molar-refractivity contribution in [1.29, 1.82) is 0 Å². The number of nitrogens with zero attached hydrogens (tertiary/aromatic N) is 2. The van der Waals surface area contributed by atoms with Gasteiger partial charge in [-0.3, -0.25) is 4.79 Å². The van der Waals surface area contributed by atoms with E-state index in [1.165, 1.54) is 0 Å². The number of carbonyl (C=O) groups is 1. The Labute approximate surface area is 95.2 Å². The number of likely N-dealkylation sites (tertiary alicyclic amines) is 1. The van der Waals surface area contributed by atoms with Crippen LogP contribution in [0, 0.1) is 0 Å². The zero-order valence-electron chi connectivity index (χ0n) is 7.33. The Kier molecular flexibility index (Phi) is 2.74. The number of hydrogen-bond acceptors (Lipinski definition) is 2. The molecule has 2 heterocycles. The van der Waals surface area contributed by atoms with Gasteiger partial charge in [0, 0.05) is 23.8 Å². The predicted octanol–water partition coefficient (Wildman–Crippen LogP) is 2.34. The van der Waals surface area contributed by atoms with Gasteiger partial charge < -0.3 is 4.90 Å². The molecule has 0 saturated carbocycles. The summed E-state index contributed by atoms with van der Waals surface area (Å²) in [6.45, 7) is 1.68. The summed E-state index contributed by atoms with van der Waals surface area (Å²) in [6, 6.07) is 1.59. The molecule has 1 fully saturated rings. The third-order valence-electron chi connectivity index (χ3n) is 2.20. The summed E-state index contributed by atoms with van der Waals surface area (Å²) >= 11 is 9.01. The average Bonchev–Trinajstić information content (AvgIpc) is 2.06. The van der Waals surface area contributed by atoms with Crippen molar-refractivity contribution in [3.8, 4) is 0 Å². The molecule has 0 atom stereocenters. The van der Waals surface area contributed by atoms with Crippen LogP contribution in [-0.4, -0.2) is 28.9 Å². The molecule has 0 N–H and O–H groups in total. The van der Waals surface area contributed by atoms with Crippen LogP contribution in [0.5, 0.6) is 0 Å². The molecule has 1 aliphatic rings. The number of pyridine rings is 1. The lowest BCUT2D eigenvalue weighted by atomic mass is 10.1. The van der Waals surface area contributed by atoms with Crippen LogP contribution in [0.2, 0.25) is 5.15 Å². The minimum atomic E-state index is 0.0208. The smallest absolute Gasteiger partial charge is 0.255 e. The van der Waals surface area contributed by atoms with Gasteiger partial charge in [0.15, 0.2) is 0 Å². The van der Waals surface area contributed by atoms with Crippen molar-refractivity contribution >= 4 is 33.4 Å². The van der Waals surface area contributed by atoms with E-state index >= 15 is 0 Å². The maximum atomic E-state index is 11.8. The largest absolute Gasteiger partial charge is 0.338 e. The van der Waals surface area contributed by atoms with Crippen LogP contribution < -0.4 is 0 Å². The monoisotopic (exact) mass is 274 g/mol. The molecule has 2 rings (SSSR count). The highest BCUT2D eigenvalue weighted by Crippen LogP contribution is 2.22. The molecule has 1 amide bonds. The maximum absolute atomic E-state index is 11.8. The van der Waals surface area contributed by atoms with E-state index in [1.807, 2.05) is 0 Å². The topological polar surface area (TPSA) is 33.2 Å². The molecular weight excluding hydrogens is 267 g/mol. The first kappa shape index (κ1) is 9.93. The Balaban J connectivity index is 2.29. The lowest BCUT2D eigenvalue weighted by Crippen LogP contribution is -2.42. The summed E-state index contributed by atoms with van der Waals surface area (Å²) in [7, 11) is 0. The molecule has 3 nitrogen and oxygen atoms in total. The molecule has 1 aromatic heterocycles. The Bertz CT molecular complexity index is 379. The van der Waals surface area contributed by atoms with Crippen molar-refractivity contribution in [3.05, 3.63) is 27.5 Å². The molecule has 74 valence electrons. The maximum Gasteiger partial charge on any atom is 0.255 e. The van der Waals surface area contributed by atoms with Gasteiger partial charge in [-0.15, -0.1) is 0 Å². The number of hydrogen-bond donors (Lipinski definition) is 0. The van der Waals surface area contributed by atoms with Crippen LogP contribution in [0.4, 0.5) is 0 Å². The second-order valence-electron chi connectivity index (χ2n) is 3.13. The molecule has 1 aliphatic heterocycles. The van der Waals surface area contributed by atoms with Gasteiger partial charge in [-0.25, -0.2) is 4.98 Å². The van der Waals surface area contributed by atoms with Gasteiger partial charge in [0.1, 0.15) is 5.15 Å². The Hall–Kier alpha value is -0.610. The Morgan fingerprint density at radius 3 is 2.86 bits per heavy atom. The van der Waals surface area contributed by atoms with Crippen LogP contribution in [0.15, 0.2) is 16.7 Å². The zero-order chi connectivity index (χ0) is 10.1. The molecule has 5 heteroatoms. The van der Waals surface area contributed by atoms with Crippen molar-refractivity contribution in [2.45, 2.75) is 6.42 Å². The van der Waals surface area contributed by atoms with Crippen molar-refractivity contribution in [1.82, 2.24) is 9.88 Å². The van der Waals surface area contributed by atoms with Crippen LogP contribution >= 0.6 is 27.5 Å². The standard InChI is InChI=1S/C9H8BrClN2O/c10-7-5-12-8(11)4-6(7)9(14)13-2-1-3-13/h4-5H,1-3H2. The highest BCUT2D eigenvalue weighted by atomic mass is 79.9. The van der Waals surface area contributed by atoms with Crippen molar-refractivity contribution in [2.24, 2.45) is 0 Å². The van der Waals surface area contributed by atoms with E-state index in [0.717, 1.165) is 19.5 Å². The fraction of sp³-hybridized carbons (Fsp3) is 0.333. The molecule has 1 aromatic rings. The number of carbonyl (C=O) groups excluding carboxylic acids is 1. The van der Waals surface area contributed by atoms with Gasteiger partial charge in [0.25, 0.3) is 5.91 Å². The fourth-order valence-electron chi connectivity index (χ4n) is 1.27. The van der Waals surface area contributed by atoms with Crippen molar-refractivity contribution in [2.75, 3.05) is 13.1 Å². The number of halogens is 2. The second-order valence-corrected chi connectivity index (χ2v) is 4.37. The second kappa shape index (κ2) is 3.87. The molecule has 0 bridgehead atoms. The Morgan fingerprint density at radius 1 is 1.57 bits per heavy atom. The van der Waals surface area contributed by atoms with Gasteiger partial charge in [0.2, 0.25) is 0 Å². The molecule has 0 unspecified atom stereocenters. The van der Waals surface area contributed by atoms with E-state index in [2.05, 4.69) is 20.9 Å². The molecular formula is C9H8BrClN2O. The quantitative estimate of drug-likeness (QED) is 0.737. The first-order chi connectivity index (χ1) is 6.68. The lowest BCUT2D eigenvalue weighted by molar-refractivity contribution is 0.0650. The summed E-state index contributed by atoms with van der Waals surface area (Å²) in [6.07, 6.45) is 2.64. The summed E-state index contributed by atoms with van der Waals surface area (Å²) in [4.78, 5) is 17.5. The van der Waals surface area contributed by atoms with E-state index in [1.54, 1.807) is 17.2 Å². The van der Waals surface area contributed by atoms with Crippen molar-refractivity contribution in [3.63, 3.8) is 0 Å². The minimum absolute atomic E-state index is 0.0208. The van der Waals surface area contributed by atoms with E-state index in [0.29, 0.717) is 15.2 Å². The van der Waals surface area contributed by atoms with E-state index in [9.17, 15) is 4.79 Å². The fourth-order valence-corrected chi connectivity index (χ4v) is 1.81. The van der Waals surface area contributed by atoms with E-state index in [4.69, 9.17) is 11.6 Å². The van der Waals surface area contributed by atoms with Crippen LogP contribution in [-0.2, 0) is 0 Å². The third-order valence-corrected chi connectivity index (χ3v) is 3.03. The molecule has 0 aromatic carbocycles. The lowest BCUT2D eigenvalue weighted by Gasteiger charge is -2.31. The zero-order valence-corrected chi connectivity index (χ0v) is 9.68. The van der Waals surface area contributed by atoms with Crippen LogP contribution in [0.25, 0.3) is 0 Å². The molecule has 0 spiro atoms. The van der Waals surface area contributed by atoms with E-state index < -0.39 is 0 Å². The first-order valence-electron chi connectivity index (χ1n) is 4.29. The van der Waals surface area contributed by atoms with Gasteiger partial charge in [-0.1, -0.05) is 11.6 Å². The molecule has 14 heavy (non-hydrogen) atoms. The van der Waals surface area contributed by atoms with E-state index in [-0.39, 0.29) is 5.91 Å². The third kappa shape index (κ3) is 1.77. The first-order valence-corrected chi connectivity index (χ1v) is 5.46. The van der Waals surface area contributed by atoms with Gasteiger partial charge in [-0.05, 0) is 28.4 Å². The van der Waals surface area contributed by atoms with Gasteiger partial charge >= 0.3 is 0 Å². The summed E-state index contributed by atoms with van der Waals surface area (Å²) in [5, 5.41) is 0.345. The summed E-state index contributed by atoms with van der Waals surface area (Å²) in [5.74, 6) is 0.0208. The predicted molar refractivity (Wildman–Crippen MR) is 57.5 cm³/mol. The highest BCUT2D eigenvalue weighted by molar-refractivity contribution is 9.10. The number of aromatic nitrogens is 1. The van der Waals surface area contributed by atoms with Gasteiger partial charge in [-0.2, -0.15) is 0 Å².